The standard InChI is InChI=1S/C16H21N3/c1-2-4-13(5-3-1)6-8-17-9-7-14-10-15(14)16-11-18-12-19-16/h1-5,11-12,14-15,17H,6-10H2,(H,18,19)/t14-,15+/m1/s1. The van der Waals surface area contributed by atoms with E-state index in [4.69, 9.17) is 0 Å². The molecule has 0 aliphatic heterocycles. The molecule has 1 aromatic carbocycles. The number of nitrogens with one attached hydrogen (secondary N) is 2. The molecule has 1 fully saturated rings. The molecule has 1 saturated carbocycles. The highest BCUT2D eigenvalue weighted by Gasteiger charge is 2.38. The summed E-state index contributed by atoms with van der Waals surface area (Å²) in [6.45, 7) is 2.20. The predicted octanol–water partition coefficient (Wildman–Crippen LogP) is 2.74. The van der Waals surface area contributed by atoms with E-state index in [0.717, 1.165) is 31.3 Å². The summed E-state index contributed by atoms with van der Waals surface area (Å²) in [6, 6.07) is 10.7. The zero-order valence-corrected chi connectivity index (χ0v) is 11.2. The van der Waals surface area contributed by atoms with Gasteiger partial charge in [0.1, 0.15) is 0 Å². The van der Waals surface area contributed by atoms with Crippen molar-refractivity contribution in [3.63, 3.8) is 0 Å². The Morgan fingerprint density at radius 1 is 1.21 bits per heavy atom. The van der Waals surface area contributed by atoms with Crippen molar-refractivity contribution in [2.24, 2.45) is 5.92 Å². The van der Waals surface area contributed by atoms with Crippen molar-refractivity contribution in [2.75, 3.05) is 13.1 Å². The second-order valence-electron chi connectivity index (χ2n) is 5.38. The van der Waals surface area contributed by atoms with Gasteiger partial charge in [-0.15, -0.1) is 0 Å². The Morgan fingerprint density at radius 2 is 2.11 bits per heavy atom. The first-order valence-electron chi connectivity index (χ1n) is 7.16. The fourth-order valence-corrected chi connectivity index (χ4v) is 2.71. The van der Waals surface area contributed by atoms with E-state index in [1.54, 1.807) is 6.33 Å². The van der Waals surface area contributed by atoms with Gasteiger partial charge in [-0.05, 0) is 43.8 Å². The molecule has 1 aliphatic carbocycles. The van der Waals surface area contributed by atoms with Gasteiger partial charge < -0.3 is 10.3 Å². The number of hydrogen-bond acceptors (Lipinski definition) is 2. The van der Waals surface area contributed by atoms with Gasteiger partial charge in [-0.2, -0.15) is 0 Å². The average molecular weight is 255 g/mol. The van der Waals surface area contributed by atoms with Crippen molar-refractivity contribution in [1.29, 1.82) is 0 Å². The molecule has 0 spiro atoms. The van der Waals surface area contributed by atoms with E-state index in [0.29, 0.717) is 0 Å². The van der Waals surface area contributed by atoms with Crippen LogP contribution in [0.3, 0.4) is 0 Å². The zero-order chi connectivity index (χ0) is 12.9. The quantitative estimate of drug-likeness (QED) is 0.747. The molecule has 3 nitrogen and oxygen atoms in total. The lowest BCUT2D eigenvalue weighted by Gasteiger charge is -2.04. The highest BCUT2D eigenvalue weighted by atomic mass is 14.9. The van der Waals surface area contributed by atoms with Gasteiger partial charge in [0, 0.05) is 17.8 Å². The number of H-pyrrole nitrogens is 1. The Kier molecular flexibility index (Phi) is 3.94. The molecule has 100 valence electrons. The molecule has 3 heteroatoms. The first-order valence-corrected chi connectivity index (χ1v) is 7.16. The summed E-state index contributed by atoms with van der Waals surface area (Å²) in [5, 5.41) is 3.55. The maximum Gasteiger partial charge on any atom is 0.0921 e. The number of aromatic nitrogens is 2. The van der Waals surface area contributed by atoms with Gasteiger partial charge >= 0.3 is 0 Å². The highest BCUT2D eigenvalue weighted by Crippen LogP contribution is 2.48. The summed E-state index contributed by atoms with van der Waals surface area (Å²) in [4.78, 5) is 7.31. The normalized spacial score (nSPS) is 21.5. The van der Waals surface area contributed by atoms with E-state index in [1.165, 1.54) is 24.1 Å². The smallest absolute Gasteiger partial charge is 0.0921 e. The minimum absolute atomic E-state index is 0.735. The third-order valence-electron chi connectivity index (χ3n) is 3.97. The SMILES string of the molecule is c1ccc(CCNCC[C@@H]2C[C@@H]2c2cnc[nH]2)cc1. The maximum absolute atomic E-state index is 4.09. The van der Waals surface area contributed by atoms with Crippen LogP contribution in [-0.2, 0) is 6.42 Å². The third kappa shape index (κ3) is 3.44. The summed E-state index contributed by atoms with van der Waals surface area (Å²) in [5.41, 5.74) is 2.73. The monoisotopic (exact) mass is 255 g/mol. The molecule has 1 aliphatic rings. The summed E-state index contributed by atoms with van der Waals surface area (Å²) in [5.74, 6) is 1.59. The minimum Gasteiger partial charge on any atom is -0.348 e. The Labute approximate surface area is 114 Å². The summed E-state index contributed by atoms with van der Waals surface area (Å²) < 4.78 is 0. The van der Waals surface area contributed by atoms with Crippen LogP contribution in [-0.4, -0.2) is 23.1 Å². The van der Waals surface area contributed by atoms with Gasteiger partial charge in [-0.3, -0.25) is 0 Å². The first-order chi connectivity index (χ1) is 9.43. The van der Waals surface area contributed by atoms with Crippen LogP contribution in [0.15, 0.2) is 42.9 Å². The van der Waals surface area contributed by atoms with Crippen LogP contribution in [0.2, 0.25) is 0 Å². The molecule has 1 heterocycles. The minimum atomic E-state index is 0.735. The fraction of sp³-hybridized carbons (Fsp3) is 0.438. The van der Waals surface area contributed by atoms with Crippen molar-refractivity contribution in [3.05, 3.63) is 54.1 Å². The Balaban J connectivity index is 1.28. The number of imidazole rings is 1. The lowest BCUT2D eigenvalue weighted by molar-refractivity contribution is 0.603. The second-order valence-corrected chi connectivity index (χ2v) is 5.38. The topological polar surface area (TPSA) is 40.7 Å². The zero-order valence-electron chi connectivity index (χ0n) is 11.2. The molecule has 0 amide bonds. The lowest BCUT2D eigenvalue weighted by atomic mass is 10.1. The lowest BCUT2D eigenvalue weighted by Crippen LogP contribution is -2.19. The molecule has 0 radical (unpaired) electrons. The number of benzene rings is 1. The summed E-state index contributed by atoms with van der Waals surface area (Å²) in [6.07, 6.45) is 7.47. The molecule has 1 aromatic heterocycles. The second kappa shape index (κ2) is 6.02. The van der Waals surface area contributed by atoms with E-state index in [9.17, 15) is 0 Å². The van der Waals surface area contributed by atoms with E-state index in [1.807, 2.05) is 6.20 Å². The van der Waals surface area contributed by atoms with Crippen LogP contribution < -0.4 is 5.32 Å². The number of aromatic amines is 1. The molecule has 0 unspecified atom stereocenters. The van der Waals surface area contributed by atoms with Crippen molar-refractivity contribution in [3.8, 4) is 0 Å². The fourth-order valence-electron chi connectivity index (χ4n) is 2.71. The van der Waals surface area contributed by atoms with Gasteiger partial charge in [-0.1, -0.05) is 30.3 Å². The third-order valence-corrected chi connectivity index (χ3v) is 3.97. The van der Waals surface area contributed by atoms with E-state index >= 15 is 0 Å². The number of rotatable bonds is 7. The van der Waals surface area contributed by atoms with Gasteiger partial charge in [-0.25, -0.2) is 4.98 Å². The van der Waals surface area contributed by atoms with Gasteiger partial charge in [0.2, 0.25) is 0 Å². The molecule has 3 rings (SSSR count). The Morgan fingerprint density at radius 3 is 2.89 bits per heavy atom. The van der Waals surface area contributed by atoms with Gasteiger partial charge in [0.15, 0.2) is 0 Å². The molecular formula is C16H21N3. The molecule has 0 saturated heterocycles. The van der Waals surface area contributed by atoms with E-state index in [-0.39, 0.29) is 0 Å². The van der Waals surface area contributed by atoms with Crippen molar-refractivity contribution >= 4 is 0 Å². The van der Waals surface area contributed by atoms with Crippen LogP contribution in [0.25, 0.3) is 0 Å². The summed E-state index contributed by atoms with van der Waals surface area (Å²) >= 11 is 0. The van der Waals surface area contributed by atoms with Crippen LogP contribution in [0.1, 0.15) is 30.0 Å². The number of nitrogens with zero attached hydrogens (tertiary/aromatic N) is 1. The van der Waals surface area contributed by atoms with Crippen molar-refractivity contribution in [2.45, 2.75) is 25.2 Å². The van der Waals surface area contributed by atoms with Crippen LogP contribution in [0.5, 0.6) is 0 Å². The average Bonchev–Trinajstić information content (AvgIpc) is 3.01. The highest BCUT2D eigenvalue weighted by molar-refractivity contribution is 5.15. The van der Waals surface area contributed by atoms with Crippen LogP contribution in [0.4, 0.5) is 0 Å². The Hall–Kier alpha value is -1.61. The van der Waals surface area contributed by atoms with Crippen LogP contribution >= 0.6 is 0 Å². The Bertz CT molecular complexity index is 478. The van der Waals surface area contributed by atoms with Crippen molar-refractivity contribution < 1.29 is 0 Å². The number of hydrogen-bond donors (Lipinski definition) is 2. The van der Waals surface area contributed by atoms with Gasteiger partial charge in [0.05, 0.1) is 6.33 Å². The van der Waals surface area contributed by atoms with Crippen molar-refractivity contribution in [1.82, 2.24) is 15.3 Å². The predicted molar refractivity (Wildman–Crippen MR) is 77.1 cm³/mol. The molecular weight excluding hydrogens is 234 g/mol. The van der Waals surface area contributed by atoms with Gasteiger partial charge in [0.25, 0.3) is 0 Å². The molecule has 19 heavy (non-hydrogen) atoms. The first kappa shape index (κ1) is 12.4. The van der Waals surface area contributed by atoms with E-state index in [2.05, 4.69) is 45.6 Å². The van der Waals surface area contributed by atoms with Crippen LogP contribution in [0, 0.1) is 5.92 Å². The molecule has 2 aromatic rings. The molecule has 0 bridgehead atoms. The maximum atomic E-state index is 4.09. The molecule has 2 atom stereocenters. The largest absolute Gasteiger partial charge is 0.348 e. The van der Waals surface area contributed by atoms with E-state index < -0.39 is 0 Å². The summed E-state index contributed by atoms with van der Waals surface area (Å²) in [7, 11) is 0. The molecule has 2 N–H and O–H groups in total.